The van der Waals surface area contributed by atoms with Gasteiger partial charge in [0, 0.05) is 17.3 Å². The summed E-state index contributed by atoms with van der Waals surface area (Å²) in [6.45, 7) is 2.08. The summed E-state index contributed by atoms with van der Waals surface area (Å²) < 4.78 is 2.81. The highest BCUT2D eigenvalue weighted by Gasteiger charge is 2.28. The monoisotopic (exact) mass is 437 g/mol. The van der Waals surface area contributed by atoms with E-state index in [4.69, 9.17) is 4.98 Å². The number of aryl methyl sites for hydroxylation is 1. The molecule has 152 valence electrons. The second-order valence-corrected chi connectivity index (χ2v) is 9.29. The molecule has 1 saturated carbocycles. The molecule has 0 bridgehead atoms. The maximum atomic E-state index is 12.3. The number of nitrogens with one attached hydrogen (secondary N) is 2. The number of amides is 1. The fraction of sp³-hybridized carbons (Fsp3) is 0.238. The van der Waals surface area contributed by atoms with Crippen molar-refractivity contribution >= 4 is 44.9 Å². The summed E-state index contributed by atoms with van der Waals surface area (Å²) in [5.74, 6) is 0.0525. The van der Waals surface area contributed by atoms with Crippen molar-refractivity contribution in [3.05, 3.63) is 58.5 Å². The molecule has 0 saturated heterocycles. The quantitative estimate of drug-likeness (QED) is 0.441. The molecule has 4 aromatic rings. The van der Waals surface area contributed by atoms with Gasteiger partial charge >= 0.3 is 5.69 Å². The lowest BCUT2D eigenvalue weighted by atomic mass is 10.2. The van der Waals surface area contributed by atoms with Gasteiger partial charge < -0.3 is 5.32 Å². The van der Waals surface area contributed by atoms with Crippen molar-refractivity contribution in [1.29, 1.82) is 0 Å². The number of carbonyl (C=O) groups excluding carboxylic acids is 1. The zero-order valence-corrected chi connectivity index (χ0v) is 17.8. The summed E-state index contributed by atoms with van der Waals surface area (Å²) in [7, 11) is 0. The molecule has 9 heteroatoms. The molecule has 1 aliphatic carbocycles. The van der Waals surface area contributed by atoms with Crippen LogP contribution in [0.3, 0.4) is 0 Å². The van der Waals surface area contributed by atoms with Gasteiger partial charge in [-0.15, -0.1) is 16.4 Å². The Balaban J connectivity index is 1.23. The van der Waals surface area contributed by atoms with Crippen LogP contribution in [0.1, 0.15) is 24.4 Å². The Bertz CT molecular complexity index is 1280. The molecule has 5 rings (SSSR count). The largest absolute Gasteiger partial charge is 0.344 e. The van der Waals surface area contributed by atoms with E-state index in [0.717, 1.165) is 34.6 Å². The van der Waals surface area contributed by atoms with Crippen molar-refractivity contribution < 1.29 is 4.79 Å². The molecule has 7 nitrogen and oxygen atoms in total. The minimum atomic E-state index is -0.207. The normalized spacial score (nSPS) is 13.6. The molecule has 1 aliphatic rings. The fourth-order valence-corrected chi connectivity index (χ4v) is 5.11. The predicted molar refractivity (Wildman–Crippen MR) is 120 cm³/mol. The first-order valence-corrected chi connectivity index (χ1v) is 11.4. The van der Waals surface area contributed by atoms with E-state index in [1.807, 2.05) is 30.3 Å². The summed E-state index contributed by atoms with van der Waals surface area (Å²) in [6, 6.07) is 14.2. The van der Waals surface area contributed by atoms with Gasteiger partial charge in [-0.2, -0.15) is 0 Å². The Hall–Kier alpha value is -2.91. The van der Waals surface area contributed by atoms with Crippen molar-refractivity contribution in [2.75, 3.05) is 11.1 Å². The van der Waals surface area contributed by atoms with Crippen LogP contribution in [0.5, 0.6) is 0 Å². The van der Waals surface area contributed by atoms with Gasteiger partial charge in [0.2, 0.25) is 5.91 Å². The number of H-pyrrole nitrogens is 1. The number of benzene rings is 2. The van der Waals surface area contributed by atoms with Gasteiger partial charge in [-0.25, -0.2) is 14.9 Å². The Morgan fingerprint density at radius 1 is 1.27 bits per heavy atom. The van der Waals surface area contributed by atoms with Crippen LogP contribution < -0.4 is 11.0 Å². The van der Waals surface area contributed by atoms with Crippen LogP contribution >= 0.6 is 23.1 Å². The standard InChI is InChI=1S/C21H19N5O2S2/c1-12-2-9-16-17(10-12)30-19(23-16)13-3-5-14(6-4-13)22-18(27)11-29-21-25-24-20(28)26(21)15-7-8-15/h2-6,9-10,15H,7-8,11H2,1H3,(H,22,27)(H,24,28). The zero-order valence-electron chi connectivity index (χ0n) is 16.2. The molecule has 0 radical (unpaired) electrons. The van der Waals surface area contributed by atoms with E-state index >= 15 is 0 Å². The number of rotatable bonds is 6. The van der Waals surface area contributed by atoms with Crippen molar-refractivity contribution in [1.82, 2.24) is 19.7 Å². The first-order chi connectivity index (χ1) is 14.6. The number of thiazole rings is 1. The second-order valence-electron chi connectivity index (χ2n) is 7.32. The van der Waals surface area contributed by atoms with E-state index in [9.17, 15) is 9.59 Å². The molecular formula is C21H19N5O2S2. The molecule has 0 aliphatic heterocycles. The van der Waals surface area contributed by atoms with Crippen molar-refractivity contribution in [3.8, 4) is 10.6 Å². The third-order valence-corrected chi connectivity index (χ3v) is 6.90. The zero-order chi connectivity index (χ0) is 20.7. The number of hydrogen-bond acceptors (Lipinski definition) is 6. The maximum absolute atomic E-state index is 12.3. The second kappa shape index (κ2) is 7.73. The van der Waals surface area contributed by atoms with Crippen molar-refractivity contribution in [2.24, 2.45) is 0 Å². The molecule has 0 atom stereocenters. The van der Waals surface area contributed by atoms with Crippen molar-refractivity contribution in [3.63, 3.8) is 0 Å². The van der Waals surface area contributed by atoms with E-state index in [0.29, 0.717) is 5.16 Å². The number of hydrogen-bond donors (Lipinski definition) is 2. The van der Waals surface area contributed by atoms with Crippen LogP contribution in [0.15, 0.2) is 52.4 Å². The van der Waals surface area contributed by atoms with Gasteiger partial charge in [-0.05, 0) is 61.7 Å². The third-order valence-electron chi connectivity index (χ3n) is 4.88. The SMILES string of the molecule is Cc1ccc2nc(-c3ccc(NC(=O)CSc4n[nH]c(=O)n4C4CC4)cc3)sc2c1. The van der Waals surface area contributed by atoms with Crippen LogP contribution in [-0.2, 0) is 4.79 Å². The highest BCUT2D eigenvalue weighted by molar-refractivity contribution is 7.99. The van der Waals surface area contributed by atoms with Crippen LogP contribution in [0.4, 0.5) is 5.69 Å². The van der Waals surface area contributed by atoms with E-state index in [1.54, 1.807) is 15.9 Å². The maximum Gasteiger partial charge on any atom is 0.344 e. The average molecular weight is 438 g/mol. The molecule has 1 amide bonds. The lowest BCUT2D eigenvalue weighted by Crippen LogP contribution is -2.17. The van der Waals surface area contributed by atoms with E-state index in [1.165, 1.54) is 22.0 Å². The van der Waals surface area contributed by atoms with Crippen molar-refractivity contribution in [2.45, 2.75) is 31.0 Å². The van der Waals surface area contributed by atoms with Crippen LogP contribution in [-0.4, -0.2) is 31.4 Å². The van der Waals surface area contributed by atoms with E-state index in [2.05, 4.69) is 34.6 Å². The first kappa shape index (κ1) is 19.1. The average Bonchev–Trinajstić information content (AvgIpc) is 3.37. The summed E-state index contributed by atoms with van der Waals surface area (Å²) in [4.78, 5) is 28.8. The topological polar surface area (TPSA) is 92.7 Å². The molecule has 2 aromatic carbocycles. The summed E-state index contributed by atoms with van der Waals surface area (Å²) in [5.41, 5.74) is 3.76. The molecule has 1 fully saturated rings. The van der Waals surface area contributed by atoms with Crippen LogP contribution in [0.25, 0.3) is 20.8 Å². The predicted octanol–water partition coefficient (Wildman–Crippen LogP) is 4.22. The van der Waals surface area contributed by atoms with Gasteiger partial charge in [0.1, 0.15) is 5.01 Å². The number of anilines is 1. The molecule has 2 heterocycles. The summed E-state index contributed by atoms with van der Waals surface area (Å²) in [6.07, 6.45) is 1.97. The molecule has 30 heavy (non-hydrogen) atoms. The van der Waals surface area contributed by atoms with Gasteiger partial charge in [-0.1, -0.05) is 17.8 Å². The number of aromatic amines is 1. The lowest BCUT2D eigenvalue weighted by Gasteiger charge is -2.06. The lowest BCUT2D eigenvalue weighted by molar-refractivity contribution is -0.113. The molecule has 0 unspecified atom stereocenters. The molecule has 0 spiro atoms. The number of nitrogens with zero attached hydrogens (tertiary/aromatic N) is 3. The van der Waals surface area contributed by atoms with Gasteiger partial charge in [0.05, 0.1) is 16.0 Å². The number of aromatic nitrogens is 4. The van der Waals surface area contributed by atoms with E-state index in [-0.39, 0.29) is 23.4 Å². The van der Waals surface area contributed by atoms with Gasteiger partial charge in [0.15, 0.2) is 5.16 Å². The molecule has 2 aromatic heterocycles. The Morgan fingerprint density at radius 3 is 2.83 bits per heavy atom. The highest BCUT2D eigenvalue weighted by Crippen LogP contribution is 2.36. The minimum absolute atomic E-state index is 0.138. The van der Waals surface area contributed by atoms with E-state index < -0.39 is 0 Å². The summed E-state index contributed by atoms with van der Waals surface area (Å²) in [5, 5.41) is 10.9. The van der Waals surface area contributed by atoms with Gasteiger partial charge in [0.25, 0.3) is 0 Å². The smallest absolute Gasteiger partial charge is 0.325 e. The first-order valence-electron chi connectivity index (χ1n) is 9.64. The molecule has 2 N–H and O–H groups in total. The number of fused-ring (bicyclic) bond motifs is 1. The van der Waals surface area contributed by atoms with Crippen LogP contribution in [0.2, 0.25) is 0 Å². The third kappa shape index (κ3) is 3.90. The van der Waals surface area contributed by atoms with Gasteiger partial charge in [-0.3, -0.25) is 9.36 Å². The summed E-state index contributed by atoms with van der Waals surface area (Å²) >= 11 is 2.93. The number of thioether (sulfide) groups is 1. The minimum Gasteiger partial charge on any atom is -0.325 e. The number of carbonyl (C=O) groups is 1. The Labute approximate surface area is 180 Å². The fourth-order valence-electron chi connectivity index (χ4n) is 3.23. The van der Waals surface area contributed by atoms with Crippen LogP contribution in [0, 0.1) is 6.92 Å². The molecular weight excluding hydrogens is 418 g/mol. The highest BCUT2D eigenvalue weighted by atomic mass is 32.2. The Morgan fingerprint density at radius 2 is 2.07 bits per heavy atom. The Kier molecular flexibility index (Phi) is 4.92.